The van der Waals surface area contributed by atoms with Gasteiger partial charge in [-0.2, -0.15) is 0 Å². The summed E-state index contributed by atoms with van der Waals surface area (Å²) in [6.07, 6.45) is 7.61. The van der Waals surface area contributed by atoms with Crippen molar-refractivity contribution in [1.29, 1.82) is 0 Å². The molecule has 98 valence electrons. The van der Waals surface area contributed by atoms with Gasteiger partial charge in [-0.1, -0.05) is 46.5 Å². The molecule has 0 saturated carbocycles. The van der Waals surface area contributed by atoms with Crippen LogP contribution in [0.15, 0.2) is 0 Å². The highest BCUT2D eigenvalue weighted by Gasteiger charge is 2.08. The van der Waals surface area contributed by atoms with E-state index in [0.717, 1.165) is 19.6 Å². The van der Waals surface area contributed by atoms with Gasteiger partial charge in [0.2, 0.25) is 0 Å². The van der Waals surface area contributed by atoms with E-state index < -0.39 is 0 Å². The summed E-state index contributed by atoms with van der Waals surface area (Å²) in [6, 6.07) is 0. The van der Waals surface area contributed by atoms with Crippen LogP contribution in [0.5, 0.6) is 0 Å². The van der Waals surface area contributed by atoms with E-state index in [-0.39, 0.29) is 6.29 Å². The minimum atomic E-state index is 0.0222. The highest BCUT2D eigenvalue weighted by molar-refractivity contribution is 4.50. The summed E-state index contributed by atoms with van der Waals surface area (Å²) in [4.78, 5) is 0. The van der Waals surface area contributed by atoms with Crippen LogP contribution in [0, 0.1) is 5.92 Å². The van der Waals surface area contributed by atoms with Crippen LogP contribution in [0.3, 0.4) is 0 Å². The Balaban J connectivity index is 3.51. The molecule has 0 rings (SSSR count). The van der Waals surface area contributed by atoms with Gasteiger partial charge in [0.05, 0.1) is 6.61 Å². The molecular weight excluding hydrogens is 200 g/mol. The van der Waals surface area contributed by atoms with E-state index in [1.54, 1.807) is 0 Å². The van der Waals surface area contributed by atoms with E-state index in [9.17, 15) is 0 Å². The third-order valence-corrected chi connectivity index (χ3v) is 2.51. The number of hydrogen-bond acceptors (Lipinski definition) is 2. The topological polar surface area (TPSA) is 18.5 Å². The van der Waals surface area contributed by atoms with Crippen molar-refractivity contribution < 1.29 is 9.47 Å². The maximum absolute atomic E-state index is 5.73. The Morgan fingerprint density at radius 2 is 1.56 bits per heavy atom. The average molecular weight is 230 g/mol. The Morgan fingerprint density at radius 3 is 2.12 bits per heavy atom. The van der Waals surface area contributed by atoms with Gasteiger partial charge in [-0.25, -0.2) is 0 Å². The molecule has 16 heavy (non-hydrogen) atoms. The van der Waals surface area contributed by atoms with Gasteiger partial charge in [0.25, 0.3) is 0 Å². The second-order valence-electron chi connectivity index (χ2n) is 4.81. The Hall–Kier alpha value is -0.0800. The van der Waals surface area contributed by atoms with Crippen LogP contribution in [-0.4, -0.2) is 19.5 Å². The number of rotatable bonds is 11. The van der Waals surface area contributed by atoms with Gasteiger partial charge in [0.15, 0.2) is 6.29 Å². The number of unbranched alkanes of at least 4 members (excludes halogenated alkanes) is 4. The quantitative estimate of drug-likeness (QED) is 0.387. The van der Waals surface area contributed by atoms with Gasteiger partial charge in [0.1, 0.15) is 0 Å². The van der Waals surface area contributed by atoms with Crippen molar-refractivity contribution in [3.8, 4) is 0 Å². The molecule has 2 nitrogen and oxygen atoms in total. The van der Waals surface area contributed by atoms with E-state index in [1.165, 1.54) is 32.1 Å². The molecule has 0 aliphatic heterocycles. The van der Waals surface area contributed by atoms with Crippen molar-refractivity contribution in [2.24, 2.45) is 5.92 Å². The molecule has 1 atom stereocenters. The molecule has 0 heterocycles. The summed E-state index contributed by atoms with van der Waals surface area (Å²) in [6.45, 7) is 10.2. The second-order valence-corrected chi connectivity index (χ2v) is 4.81. The van der Waals surface area contributed by atoms with Gasteiger partial charge in [-0.3, -0.25) is 0 Å². The maximum Gasteiger partial charge on any atom is 0.157 e. The lowest BCUT2D eigenvalue weighted by Crippen LogP contribution is -2.19. The van der Waals surface area contributed by atoms with Crippen molar-refractivity contribution in [2.75, 3.05) is 13.2 Å². The lowest BCUT2D eigenvalue weighted by Gasteiger charge is -2.19. The molecule has 0 aromatic heterocycles. The molecule has 0 aromatic rings. The Labute approximate surface area is 102 Å². The second kappa shape index (κ2) is 11.4. The zero-order chi connectivity index (χ0) is 12.2. The van der Waals surface area contributed by atoms with Crippen LogP contribution < -0.4 is 0 Å². The summed E-state index contributed by atoms with van der Waals surface area (Å²) in [7, 11) is 0. The largest absolute Gasteiger partial charge is 0.353 e. The highest BCUT2D eigenvalue weighted by Crippen LogP contribution is 2.11. The zero-order valence-electron chi connectivity index (χ0n) is 11.6. The molecule has 0 radical (unpaired) electrons. The molecule has 0 aliphatic rings. The van der Waals surface area contributed by atoms with Gasteiger partial charge in [-0.15, -0.1) is 0 Å². The Morgan fingerprint density at radius 1 is 0.875 bits per heavy atom. The summed E-state index contributed by atoms with van der Waals surface area (Å²) in [5.74, 6) is 0.586. The molecule has 0 fully saturated rings. The van der Waals surface area contributed by atoms with Crippen molar-refractivity contribution >= 4 is 0 Å². The van der Waals surface area contributed by atoms with Gasteiger partial charge >= 0.3 is 0 Å². The fourth-order valence-corrected chi connectivity index (χ4v) is 1.62. The van der Waals surface area contributed by atoms with E-state index in [0.29, 0.717) is 5.92 Å². The number of ether oxygens (including phenoxy) is 2. The molecular formula is C14H30O2. The first-order valence-corrected chi connectivity index (χ1v) is 6.93. The highest BCUT2D eigenvalue weighted by atomic mass is 16.7. The monoisotopic (exact) mass is 230 g/mol. The smallest absolute Gasteiger partial charge is 0.157 e. The van der Waals surface area contributed by atoms with Crippen molar-refractivity contribution in [2.45, 2.75) is 72.5 Å². The third-order valence-electron chi connectivity index (χ3n) is 2.51. The van der Waals surface area contributed by atoms with Crippen LogP contribution in [0.1, 0.15) is 66.2 Å². The predicted octanol–water partition coefficient (Wildman–Crippen LogP) is 4.38. The van der Waals surface area contributed by atoms with Crippen LogP contribution in [0.25, 0.3) is 0 Å². The number of hydrogen-bond donors (Lipinski definition) is 0. The zero-order valence-corrected chi connectivity index (χ0v) is 11.6. The fourth-order valence-electron chi connectivity index (χ4n) is 1.62. The Bertz CT molecular complexity index is 135. The minimum absolute atomic E-state index is 0.0222. The molecule has 0 saturated heterocycles. The molecule has 1 unspecified atom stereocenters. The summed E-state index contributed by atoms with van der Waals surface area (Å²) < 4.78 is 11.3. The van der Waals surface area contributed by atoms with Crippen LogP contribution in [0.2, 0.25) is 0 Å². The molecule has 0 aliphatic carbocycles. The van der Waals surface area contributed by atoms with E-state index in [2.05, 4.69) is 20.8 Å². The predicted molar refractivity (Wildman–Crippen MR) is 69.6 cm³/mol. The normalized spacial score (nSPS) is 13.3. The summed E-state index contributed by atoms with van der Waals surface area (Å²) in [5.41, 5.74) is 0. The molecule has 0 amide bonds. The molecule has 0 bridgehead atoms. The molecule has 0 N–H and O–H groups in total. The van der Waals surface area contributed by atoms with Crippen molar-refractivity contribution in [3.05, 3.63) is 0 Å². The van der Waals surface area contributed by atoms with E-state index in [1.807, 2.05) is 6.92 Å². The maximum atomic E-state index is 5.73. The average Bonchev–Trinajstić information content (AvgIpc) is 2.25. The van der Waals surface area contributed by atoms with E-state index in [4.69, 9.17) is 9.47 Å². The fraction of sp³-hybridized carbons (Fsp3) is 1.00. The lowest BCUT2D eigenvalue weighted by atomic mass is 10.1. The first-order valence-electron chi connectivity index (χ1n) is 6.93. The third kappa shape index (κ3) is 10.4. The van der Waals surface area contributed by atoms with Crippen molar-refractivity contribution in [1.82, 2.24) is 0 Å². The van der Waals surface area contributed by atoms with Crippen molar-refractivity contribution in [3.63, 3.8) is 0 Å². The standard InChI is InChI=1S/C14H30O2/c1-5-7-8-9-10-11-14(15-6-2)16-12-13(3)4/h13-14H,5-12H2,1-4H3. The molecule has 0 spiro atoms. The van der Waals surface area contributed by atoms with Gasteiger partial charge < -0.3 is 9.47 Å². The summed E-state index contributed by atoms with van der Waals surface area (Å²) >= 11 is 0. The minimum Gasteiger partial charge on any atom is -0.353 e. The van der Waals surface area contributed by atoms with Crippen LogP contribution in [0.4, 0.5) is 0 Å². The van der Waals surface area contributed by atoms with Gasteiger partial charge in [-0.05, 0) is 25.7 Å². The Kier molecular flexibility index (Phi) is 11.3. The summed E-state index contributed by atoms with van der Waals surface area (Å²) in [5, 5.41) is 0. The van der Waals surface area contributed by atoms with Crippen LogP contribution >= 0.6 is 0 Å². The SMILES string of the molecule is CCCCCCCC(OCC)OCC(C)C. The van der Waals surface area contributed by atoms with Gasteiger partial charge in [0, 0.05) is 6.61 Å². The molecule has 2 heteroatoms. The van der Waals surface area contributed by atoms with Crippen LogP contribution in [-0.2, 0) is 9.47 Å². The molecule has 0 aromatic carbocycles. The van der Waals surface area contributed by atoms with E-state index >= 15 is 0 Å². The first kappa shape index (κ1) is 15.9. The lowest BCUT2D eigenvalue weighted by molar-refractivity contribution is -0.149. The first-order chi connectivity index (χ1) is 7.70.